The van der Waals surface area contributed by atoms with Crippen molar-refractivity contribution in [3.63, 3.8) is 0 Å². The summed E-state index contributed by atoms with van der Waals surface area (Å²) in [6.07, 6.45) is 2.03. The van der Waals surface area contributed by atoms with Crippen molar-refractivity contribution in [2.24, 2.45) is 0 Å². The predicted molar refractivity (Wildman–Crippen MR) is 77.4 cm³/mol. The molecule has 0 saturated carbocycles. The number of hydrogen-bond acceptors (Lipinski definition) is 2. The van der Waals surface area contributed by atoms with Crippen molar-refractivity contribution in [2.75, 3.05) is 17.7 Å². The first-order chi connectivity index (χ1) is 8.38. The highest BCUT2D eigenvalue weighted by atomic mass is 35.5. The van der Waals surface area contributed by atoms with Crippen molar-refractivity contribution < 1.29 is 0 Å². The Hall–Kier alpha value is -0.990. The lowest BCUT2D eigenvalue weighted by Gasteiger charge is -2.06. The standard InChI is InChI=1S/C14H16ClNS/c15-9-7-12-3-5-13(6-4-12)16-10-8-14-2-1-11-17-14/h1-6,11,16H,7-10H2. The molecule has 0 aliphatic rings. The minimum atomic E-state index is 0.686. The maximum absolute atomic E-state index is 5.70. The number of alkyl halides is 1. The van der Waals surface area contributed by atoms with Gasteiger partial charge in [0.15, 0.2) is 0 Å². The summed E-state index contributed by atoms with van der Waals surface area (Å²) in [6.45, 7) is 0.982. The van der Waals surface area contributed by atoms with Crippen LogP contribution in [-0.4, -0.2) is 12.4 Å². The average Bonchev–Trinajstić information content (AvgIpc) is 2.85. The van der Waals surface area contributed by atoms with Gasteiger partial charge in [0.2, 0.25) is 0 Å². The maximum atomic E-state index is 5.70. The van der Waals surface area contributed by atoms with Crippen LogP contribution in [0, 0.1) is 0 Å². The third-order valence-electron chi connectivity index (χ3n) is 2.62. The van der Waals surface area contributed by atoms with E-state index in [2.05, 4.69) is 47.1 Å². The van der Waals surface area contributed by atoms with E-state index in [9.17, 15) is 0 Å². The zero-order valence-electron chi connectivity index (χ0n) is 9.66. The lowest BCUT2D eigenvalue weighted by atomic mass is 10.1. The molecule has 0 saturated heterocycles. The molecule has 1 aromatic carbocycles. The molecule has 1 N–H and O–H groups in total. The van der Waals surface area contributed by atoms with Crippen LogP contribution in [-0.2, 0) is 12.8 Å². The fourth-order valence-electron chi connectivity index (χ4n) is 1.68. The normalized spacial score (nSPS) is 10.4. The summed E-state index contributed by atoms with van der Waals surface area (Å²) in [4.78, 5) is 1.43. The van der Waals surface area contributed by atoms with Crippen molar-refractivity contribution in [3.05, 3.63) is 52.2 Å². The molecule has 1 aromatic heterocycles. The van der Waals surface area contributed by atoms with Gasteiger partial charge in [0.25, 0.3) is 0 Å². The monoisotopic (exact) mass is 265 g/mol. The number of anilines is 1. The van der Waals surface area contributed by atoms with Gasteiger partial charge >= 0.3 is 0 Å². The van der Waals surface area contributed by atoms with Crippen LogP contribution in [0.25, 0.3) is 0 Å². The van der Waals surface area contributed by atoms with E-state index in [1.54, 1.807) is 0 Å². The second-order valence-electron chi connectivity index (χ2n) is 3.89. The Morgan fingerprint density at radius 3 is 2.53 bits per heavy atom. The first-order valence-corrected chi connectivity index (χ1v) is 7.21. The van der Waals surface area contributed by atoms with Crippen molar-refractivity contribution in [3.8, 4) is 0 Å². The molecule has 1 heterocycles. The summed E-state index contributed by atoms with van der Waals surface area (Å²) in [5.74, 6) is 0.686. The van der Waals surface area contributed by atoms with Crippen LogP contribution >= 0.6 is 22.9 Å². The lowest BCUT2D eigenvalue weighted by molar-refractivity contribution is 1.04. The molecule has 0 aliphatic carbocycles. The van der Waals surface area contributed by atoms with E-state index < -0.39 is 0 Å². The Balaban J connectivity index is 1.79. The average molecular weight is 266 g/mol. The molecule has 0 radical (unpaired) electrons. The molecule has 0 amide bonds. The highest BCUT2D eigenvalue weighted by Crippen LogP contribution is 2.12. The molecule has 2 rings (SSSR count). The number of hydrogen-bond donors (Lipinski definition) is 1. The van der Waals surface area contributed by atoms with Crippen LogP contribution in [0.4, 0.5) is 5.69 Å². The van der Waals surface area contributed by atoms with Gasteiger partial charge in [-0.2, -0.15) is 0 Å². The van der Waals surface area contributed by atoms with Crippen LogP contribution in [0.15, 0.2) is 41.8 Å². The lowest BCUT2D eigenvalue weighted by Crippen LogP contribution is -2.03. The van der Waals surface area contributed by atoms with E-state index in [0.29, 0.717) is 5.88 Å². The van der Waals surface area contributed by atoms with Crippen LogP contribution in [0.5, 0.6) is 0 Å². The Bertz CT molecular complexity index is 422. The van der Waals surface area contributed by atoms with E-state index in [1.165, 1.54) is 16.1 Å². The summed E-state index contributed by atoms with van der Waals surface area (Å²) in [6, 6.07) is 12.8. The molecule has 0 bridgehead atoms. The summed E-state index contributed by atoms with van der Waals surface area (Å²) in [5, 5.41) is 5.55. The van der Waals surface area contributed by atoms with E-state index in [4.69, 9.17) is 11.6 Å². The van der Waals surface area contributed by atoms with Gasteiger partial charge in [-0.3, -0.25) is 0 Å². The molecule has 0 aliphatic heterocycles. The van der Waals surface area contributed by atoms with Crippen LogP contribution in [0.1, 0.15) is 10.4 Å². The molecule has 0 fully saturated rings. The Morgan fingerprint density at radius 2 is 1.88 bits per heavy atom. The quantitative estimate of drug-likeness (QED) is 0.773. The highest BCUT2D eigenvalue weighted by molar-refractivity contribution is 7.09. The second-order valence-corrected chi connectivity index (χ2v) is 5.30. The molecule has 0 atom stereocenters. The van der Waals surface area contributed by atoms with Crippen LogP contribution in [0.2, 0.25) is 0 Å². The SMILES string of the molecule is ClCCc1ccc(NCCc2cccs2)cc1. The summed E-state index contributed by atoms with van der Waals surface area (Å²) in [7, 11) is 0. The number of aryl methyl sites for hydroxylation is 1. The number of nitrogens with one attached hydrogen (secondary N) is 1. The highest BCUT2D eigenvalue weighted by Gasteiger charge is 1.96. The van der Waals surface area contributed by atoms with Crippen molar-refractivity contribution in [1.29, 1.82) is 0 Å². The van der Waals surface area contributed by atoms with E-state index in [0.717, 1.165) is 19.4 Å². The van der Waals surface area contributed by atoms with Gasteiger partial charge in [-0.1, -0.05) is 18.2 Å². The minimum absolute atomic E-state index is 0.686. The molecule has 3 heteroatoms. The largest absolute Gasteiger partial charge is 0.385 e. The summed E-state index contributed by atoms with van der Waals surface area (Å²) < 4.78 is 0. The third-order valence-corrected chi connectivity index (χ3v) is 3.74. The Morgan fingerprint density at radius 1 is 1.06 bits per heavy atom. The molecule has 0 unspecified atom stereocenters. The van der Waals surface area contributed by atoms with Gasteiger partial charge < -0.3 is 5.32 Å². The van der Waals surface area contributed by atoms with Crippen molar-refractivity contribution >= 4 is 28.6 Å². The number of thiophene rings is 1. The van der Waals surface area contributed by atoms with Crippen LogP contribution < -0.4 is 5.32 Å². The number of rotatable bonds is 6. The van der Waals surface area contributed by atoms with Gasteiger partial charge in [-0.25, -0.2) is 0 Å². The zero-order valence-corrected chi connectivity index (χ0v) is 11.2. The van der Waals surface area contributed by atoms with E-state index in [-0.39, 0.29) is 0 Å². The minimum Gasteiger partial charge on any atom is -0.385 e. The number of halogens is 1. The fraction of sp³-hybridized carbons (Fsp3) is 0.286. The van der Waals surface area contributed by atoms with E-state index in [1.807, 2.05) is 11.3 Å². The molecule has 2 aromatic rings. The Kier molecular flexibility index (Phi) is 4.89. The fourth-order valence-corrected chi connectivity index (χ4v) is 2.61. The van der Waals surface area contributed by atoms with Gasteiger partial charge in [-0.05, 0) is 42.0 Å². The first kappa shape index (κ1) is 12.5. The topological polar surface area (TPSA) is 12.0 Å². The van der Waals surface area contributed by atoms with Crippen molar-refractivity contribution in [2.45, 2.75) is 12.8 Å². The van der Waals surface area contributed by atoms with Gasteiger partial charge in [0, 0.05) is 23.0 Å². The smallest absolute Gasteiger partial charge is 0.0340 e. The van der Waals surface area contributed by atoms with Gasteiger partial charge in [-0.15, -0.1) is 22.9 Å². The van der Waals surface area contributed by atoms with Crippen molar-refractivity contribution in [1.82, 2.24) is 0 Å². The third kappa shape index (κ3) is 4.06. The summed E-state index contributed by atoms with van der Waals surface area (Å²) in [5.41, 5.74) is 2.48. The van der Waals surface area contributed by atoms with Gasteiger partial charge in [0.1, 0.15) is 0 Å². The van der Waals surface area contributed by atoms with Gasteiger partial charge in [0.05, 0.1) is 0 Å². The zero-order chi connectivity index (χ0) is 11.9. The number of benzene rings is 1. The second kappa shape index (κ2) is 6.67. The molecule has 1 nitrogen and oxygen atoms in total. The first-order valence-electron chi connectivity index (χ1n) is 5.79. The van der Waals surface area contributed by atoms with Crippen LogP contribution in [0.3, 0.4) is 0 Å². The molecule has 90 valence electrons. The predicted octanol–water partition coefficient (Wildman–Crippen LogP) is 4.18. The van der Waals surface area contributed by atoms with E-state index >= 15 is 0 Å². The summed E-state index contributed by atoms with van der Waals surface area (Å²) >= 11 is 7.51. The maximum Gasteiger partial charge on any atom is 0.0340 e. The molecule has 0 spiro atoms. The molecular formula is C14H16ClNS. The molecular weight excluding hydrogens is 250 g/mol. The Labute approximate surface area is 111 Å². The molecule has 17 heavy (non-hydrogen) atoms.